The van der Waals surface area contributed by atoms with Gasteiger partial charge in [-0.2, -0.15) is 0 Å². The number of benzene rings is 1. The first-order valence-electron chi connectivity index (χ1n) is 7.83. The van der Waals surface area contributed by atoms with Gasteiger partial charge in [-0.05, 0) is 43.9 Å². The molecule has 2 N–H and O–H groups in total. The fraction of sp³-hybridized carbons (Fsp3) is 0.588. The quantitative estimate of drug-likeness (QED) is 0.886. The second kappa shape index (κ2) is 7.44. The van der Waals surface area contributed by atoms with Crippen molar-refractivity contribution in [2.75, 3.05) is 6.54 Å². The molecule has 110 valence electrons. The van der Waals surface area contributed by atoms with Gasteiger partial charge < -0.3 is 10.6 Å². The first kappa shape index (κ1) is 15.0. The van der Waals surface area contributed by atoms with Gasteiger partial charge in [0.05, 0.1) is 12.1 Å². The molecule has 1 amide bonds. The van der Waals surface area contributed by atoms with E-state index in [0.717, 1.165) is 25.8 Å². The molecule has 1 heterocycles. The number of aryl methyl sites for hydroxylation is 1. The van der Waals surface area contributed by atoms with E-state index < -0.39 is 0 Å². The lowest BCUT2D eigenvalue weighted by Gasteiger charge is -2.20. The average molecular weight is 274 g/mol. The summed E-state index contributed by atoms with van der Waals surface area (Å²) in [4.78, 5) is 12.3. The normalized spacial score (nSPS) is 21.0. The van der Waals surface area contributed by atoms with Gasteiger partial charge in [-0.1, -0.05) is 44.0 Å². The molecule has 1 saturated heterocycles. The zero-order valence-corrected chi connectivity index (χ0v) is 12.6. The maximum Gasteiger partial charge on any atom is 0.237 e. The highest BCUT2D eigenvalue weighted by Crippen LogP contribution is 2.15. The van der Waals surface area contributed by atoms with Crippen LogP contribution >= 0.6 is 0 Å². The summed E-state index contributed by atoms with van der Waals surface area (Å²) >= 11 is 0. The Kier molecular flexibility index (Phi) is 5.60. The Labute approximate surface area is 122 Å². The number of hydrogen-bond donors (Lipinski definition) is 2. The summed E-state index contributed by atoms with van der Waals surface area (Å²) in [5, 5.41) is 6.47. The molecule has 1 aromatic rings. The third-order valence-electron chi connectivity index (χ3n) is 4.12. The van der Waals surface area contributed by atoms with E-state index in [1.807, 2.05) is 0 Å². The first-order valence-corrected chi connectivity index (χ1v) is 7.83. The Morgan fingerprint density at radius 3 is 2.75 bits per heavy atom. The molecule has 2 unspecified atom stereocenters. The van der Waals surface area contributed by atoms with Crippen molar-refractivity contribution in [1.82, 2.24) is 10.6 Å². The summed E-state index contributed by atoms with van der Waals surface area (Å²) in [5.41, 5.74) is 2.50. The molecule has 20 heavy (non-hydrogen) atoms. The smallest absolute Gasteiger partial charge is 0.237 e. The van der Waals surface area contributed by atoms with Crippen molar-refractivity contribution in [3.05, 3.63) is 35.4 Å². The van der Waals surface area contributed by atoms with Gasteiger partial charge in [-0.3, -0.25) is 4.79 Å². The van der Waals surface area contributed by atoms with E-state index >= 15 is 0 Å². The summed E-state index contributed by atoms with van der Waals surface area (Å²) in [6.07, 6.45) is 5.55. The largest absolute Gasteiger partial charge is 0.348 e. The van der Waals surface area contributed by atoms with E-state index in [4.69, 9.17) is 0 Å². The average Bonchev–Trinajstić information content (AvgIpc) is 2.76. The number of carbonyl (C=O) groups is 1. The Morgan fingerprint density at radius 2 is 2.05 bits per heavy atom. The lowest BCUT2D eigenvalue weighted by Crippen LogP contribution is -2.44. The van der Waals surface area contributed by atoms with Gasteiger partial charge >= 0.3 is 0 Å². The van der Waals surface area contributed by atoms with E-state index in [-0.39, 0.29) is 18.0 Å². The first-order chi connectivity index (χ1) is 9.70. The van der Waals surface area contributed by atoms with Gasteiger partial charge in [0, 0.05) is 0 Å². The Hall–Kier alpha value is -1.35. The molecule has 0 saturated carbocycles. The highest BCUT2D eigenvalue weighted by atomic mass is 16.2. The van der Waals surface area contributed by atoms with Crippen LogP contribution in [0.15, 0.2) is 24.3 Å². The minimum Gasteiger partial charge on any atom is -0.348 e. The molecule has 3 nitrogen and oxygen atoms in total. The lowest BCUT2D eigenvalue weighted by molar-refractivity contribution is -0.123. The van der Waals surface area contributed by atoms with E-state index in [2.05, 4.69) is 48.7 Å². The fourth-order valence-electron chi connectivity index (χ4n) is 2.69. The molecule has 0 aliphatic carbocycles. The van der Waals surface area contributed by atoms with Crippen LogP contribution in [0.2, 0.25) is 0 Å². The minimum absolute atomic E-state index is 0.0186. The van der Waals surface area contributed by atoms with E-state index in [0.29, 0.717) is 0 Å². The lowest BCUT2D eigenvalue weighted by atomic mass is 10.0. The maximum atomic E-state index is 12.3. The van der Waals surface area contributed by atoms with Crippen molar-refractivity contribution < 1.29 is 4.79 Å². The predicted molar refractivity (Wildman–Crippen MR) is 82.6 cm³/mol. The Balaban J connectivity index is 1.91. The molecule has 2 rings (SSSR count). The summed E-state index contributed by atoms with van der Waals surface area (Å²) in [5.74, 6) is 0.138. The van der Waals surface area contributed by atoms with Gasteiger partial charge in [-0.25, -0.2) is 0 Å². The standard InChI is InChI=1S/C17H26N2O/c1-3-14-8-10-15(11-9-14)13(2)19-17(20)16-7-5-4-6-12-18-16/h8-11,13,16,18H,3-7,12H2,1-2H3,(H,19,20). The topological polar surface area (TPSA) is 41.1 Å². The van der Waals surface area contributed by atoms with Crippen LogP contribution in [0.4, 0.5) is 0 Å². The molecule has 0 aromatic heterocycles. The van der Waals surface area contributed by atoms with Crippen LogP contribution in [0.5, 0.6) is 0 Å². The van der Waals surface area contributed by atoms with Gasteiger partial charge in [0.25, 0.3) is 0 Å². The zero-order chi connectivity index (χ0) is 14.4. The van der Waals surface area contributed by atoms with E-state index in [1.165, 1.54) is 24.0 Å². The number of hydrogen-bond acceptors (Lipinski definition) is 2. The second-order valence-corrected chi connectivity index (χ2v) is 5.68. The maximum absolute atomic E-state index is 12.3. The molecule has 2 atom stereocenters. The second-order valence-electron chi connectivity index (χ2n) is 5.68. The third-order valence-corrected chi connectivity index (χ3v) is 4.12. The van der Waals surface area contributed by atoms with Gasteiger partial charge in [0.1, 0.15) is 0 Å². The van der Waals surface area contributed by atoms with Crippen LogP contribution < -0.4 is 10.6 Å². The summed E-state index contributed by atoms with van der Waals surface area (Å²) in [6.45, 7) is 5.16. The molecule has 3 heteroatoms. The molecule has 0 radical (unpaired) electrons. The molecule has 1 aliphatic rings. The number of carbonyl (C=O) groups excluding carboxylic acids is 1. The van der Waals surface area contributed by atoms with E-state index in [9.17, 15) is 4.79 Å². The van der Waals surface area contributed by atoms with Crippen molar-refractivity contribution in [2.45, 2.75) is 58.0 Å². The summed E-state index contributed by atoms with van der Waals surface area (Å²) < 4.78 is 0. The molecular weight excluding hydrogens is 248 g/mol. The molecule has 1 aromatic carbocycles. The molecular formula is C17H26N2O. The minimum atomic E-state index is -0.0186. The zero-order valence-electron chi connectivity index (χ0n) is 12.6. The number of amides is 1. The predicted octanol–water partition coefficient (Wildman–Crippen LogP) is 2.96. The van der Waals surface area contributed by atoms with Crippen molar-refractivity contribution in [2.24, 2.45) is 0 Å². The molecule has 1 aliphatic heterocycles. The monoisotopic (exact) mass is 274 g/mol. The van der Waals surface area contributed by atoms with Gasteiger partial charge in [0.2, 0.25) is 5.91 Å². The Bertz CT molecular complexity index is 419. The Morgan fingerprint density at radius 1 is 1.30 bits per heavy atom. The molecule has 0 bridgehead atoms. The fourth-order valence-corrected chi connectivity index (χ4v) is 2.69. The highest BCUT2D eigenvalue weighted by molar-refractivity contribution is 5.82. The SMILES string of the molecule is CCc1ccc(C(C)NC(=O)C2CCCCCN2)cc1. The highest BCUT2D eigenvalue weighted by Gasteiger charge is 2.21. The number of nitrogens with one attached hydrogen (secondary N) is 2. The van der Waals surface area contributed by atoms with Gasteiger partial charge in [0.15, 0.2) is 0 Å². The summed E-state index contributed by atoms with van der Waals surface area (Å²) in [6, 6.07) is 8.56. The van der Waals surface area contributed by atoms with Crippen molar-refractivity contribution in [3.63, 3.8) is 0 Å². The van der Waals surface area contributed by atoms with Crippen LogP contribution in [0.25, 0.3) is 0 Å². The third kappa shape index (κ3) is 4.07. The number of rotatable bonds is 4. The van der Waals surface area contributed by atoms with Crippen LogP contribution in [0.3, 0.4) is 0 Å². The van der Waals surface area contributed by atoms with Crippen molar-refractivity contribution >= 4 is 5.91 Å². The van der Waals surface area contributed by atoms with Crippen molar-refractivity contribution in [3.8, 4) is 0 Å². The van der Waals surface area contributed by atoms with Crippen LogP contribution in [-0.2, 0) is 11.2 Å². The van der Waals surface area contributed by atoms with E-state index in [1.54, 1.807) is 0 Å². The molecule has 1 fully saturated rings. The molecule has 0 spiro atoms. The summed E-state index contributed by atoms with van der Waals surface area (Å²) in [7, 11) is 0. The van der Waals surface area contributed by atoms with Crippen molar-refractivity contribution in [1.29, 1.82) is 0 Å². The van der Waals surface area contributed by atoms with Crippen LogP contribution in [0, 0.1) is 0 Å². The van der Waals surface area contributed by atoms with Crippen LogP contribution in [-0.4, -0.2) is 18.5 Å². The van der Waals surface area contributed by atoms with Crippen LogP contribution in [0.1, 0.15) is 56.7 Å². The van der Waals surface area contributed by atoms with Gasteiger partial charge in [-0.15, -0.1) is 0 Å².